The topological polar surface area (TPSA) is 108 Å². The van der Waals surface area contributed by atoms with Crippen molar-refractivity contribution in [1.29, 1.82) is 0 Å². The molecule has 10 nitrogen and oxygen atoms in total. The normalized spacial score (nSPS) is 12.0. The van der Waals surface area contributed by atoms with Gasteiger partial charge in [0, 0.05) is 100 Å². The monoisotopic (exact) mass is 789 g/mol. The molecule has 7 aromatic rings. The Hall–Kier alpha value is -5.58. The average molecular weight is 791 g/mol. The summed E-state index contributed by atoms with van der Waals surface area (Å²) in [5.74, 6) is 0.558. The highest BCUT2D eigenvalue weighted by molar-refractivity contribution is 6.35. The van der Waals surface area contributed by atoms with Crippen molar-refractivity contribution in [2.75, 3.05) is 18.5 Å². The molecular weight excluding hydrogens is 745 g/mol. The SMILES string of the molecule is Cc1cc(OCCCc2c(-c3cn(C)c4ccc(C(=O)Nc5ccncc5)cc34)n([C@H](C)CNC=O)c3c(-c4c(C)nn(C)c4C)c(Cl)ccc23)cc(C)c1Cl. The number of carbonyl (C=O) groups excluding carboxylic acids is 2. The van der Waals surface area contributed by atoms with Crippen LogP contribution in [0.15, 0.2) is 73.2 Å². The van der Waals surface area contributed by atoms with E-state index in [4.69, 9.17) is 33.0 Å². The maximum absolute atomic E-state index is 13.6. The lowest BCUT2D eigenvalue weighted by molar-refractivity contribution is -0.109. The van der Waals surface area contributed by atoms with Crippen LogP contribution in [0.25, 0.3) is 44.2 Å². The molecule has 2 amide bonds. The zero-order valence-electron chi connectivity index (χ0n) is 32.6. The fraction of sp³-hybridized carbons (Fsp3) is 0.273. The highest BCUT2D eigenvalue weighted by Gasteiger charge is 2.29. The van der Waals surface area contributed by atoms with E-state index < -0.39 is 0 Å². The Labute approximate surface area is 336 Å². The third-order valence-corrected chi connectivity index (χ3v) is 11.5. The summed E-state index contributed by atoms with van der Waals surface area (Å²) >= 11 is 13.7. The molecule has 0 saturated carbocycles. The zero-order valence-corrected chi connectivity index (χ0v) is 34.1. The predicted molar refractivity (Wildman–Crippen MR) is 226 cm³/mol. The van der Waals surface area contributed by atoms with Gasteiger partial charge in [-0.15, -0.1) is 0 Å². The Kier molecular flexibility index (Phi) is 11.0. The Bertz CT molecular complexity index is 2600. The van der Waals surface area contributed by atoms with Crippen molar-refractivity contribution in [3.8, 4) is 28.1 Å². The van der Waals surface area contributed by atoms with E-state index in [1.165, 1.54) is 0 Å². The van der Waals surface area contributed by atoms with Crippen molar-refractivity contribution in [3.05, 3.63) is 117 Å². The van der Waals surface area contributed by atoms with Crippen LogP contribution >= 0.6 is 23.2 Å². The number of rotatable bonds is 13. The molecule has 4 heterocycles. The quantitative estimate of drug-likeness (QED) is 0.0894. The molecule has 56 heavy (non-hydrogen) atoms. The van der Waals surface area contributed by atoms with E-state index in [1.54, 1.807) is 24.5 Å². The van der Waals surface area contributed by atoms with Crippen LogP contribution in [0.3, 0.4) is 0 Å². The number of pyridine rings is 1. The van der Waals surface area contributed by atoms with Crippen LogP contribution in [0, 0.1) is 27.7 Å². The van der Waals surface area contributed by atoms with Crippen LogP contribution in [-0.2, 0) is 25.3 Å². The van der Waals surface area contributed by atoms with Crippen molar-refractivity contribution >= 4 is 63.0 Å². The van der Waals surface area contributed by atoms with Crippen molar-refractivity contribution in [3.63, 3.8) is 0 Å². The maximum atomic E-state index is 13.6. The summed E-state index contributed by atoms with van der Waals surface area (Å²) in [5, 5.41) is 14.0. The van der Waals surface area contributed by atoms with E-state index >= 15 is 0 Å². The second kappa shape index (κ2) is 15.9. The summed E-state index contributed by atoms with van der Waals surface area (Å²) in [7, 11) is 3.95. The van der Waals surface area contributed by atoms with Crippen LogP contribution in [0.1, 0.15) is 57.8 Å². The van der Waals surface area contributed by atoms with E-state index in [-0.39, 0.29) is 11.9 Å². The standard InChI is InChI=1S/C44H45Cl2N7O3/c1-25-19-32(20-26(2)41(25)46)56-18-8-9-33-34-11-12-37(45)40(39-28(4)50-52(7)29(39)5)43(34)53(27(3)22-48-24-54)42(33)36-23-51(6)38-13-10-30(21-35(36)38)44(55)49-31-14-16-47-17-15-31/h10-17,19-21,23-24,27H,8-9,18,22H2,1-7H3,(H,48,54)(H,47,49,55)/t27-/m1/s1. The molecule has 0 aliphatic carbocycles. The van der Waals surface area contributed by atoms with E-state index in [9.17, 15) is 9.59 Å². The van der Waals surface area contributed by atoms with Crippen molar-refractivity contribution in [2.45, 2.75) is 53.5 Å². The third-order valence-electron chi connectivity index (χ3n) is 10.6. The number of hydrogen-bond acceptors (Lipinski definition) is 5. The summed E-state index contributed by atoms with van der Waals surface area (Å²) in [6.07, 6.45) is 7.53. The Balaban J connectivity index is 1.45. The number of amides is 2. The number of nitrogens with one attached hydrogen (secondary N) is 2. The number of anilines is 1. The van der Waals surface area contributed by atoms with Gasteiger partial charge in [0.15, 0.2) is 0 Å². The minimum Gasteiger partial charge on any atom is -0.494 e. The number of nitrogens with zero attached hydrogens (tertiary/aromatic N) is 5. The molecule has 0 spiro atoms. The lowest BCUT2D eigenvalue weighted by atomic mass is 9.97. The molecule has 0 unspecified atom stereocenters. The first-order chi connectivity index (χ1) is 26.9. The predicted octanol–water partition coefficient (Wildman–Crippen LogP) is 9.71. The van der Waals surface area contributed by atoms with Crippen LogP contribution in [0.4, 0.5) is 5.69 Å². The first-order valence-electron chi connectivity index (χ1n) is 18.6. The fourth-order valence-electron chi connectivity index (χ4n) is 7.90. The number of halogens is 2. The minimum atomic E-state index is -0.223. The molecule has 4 aromatic heterocycles. The van der Waals surface area contributed by atoms with Crippen LogP contribution in [0.5, 0.6) is 5.75 Å². The van der Waals surface area contributed by atoms with Crippen LogP contribution < -0.4 is 15.4 Å². The third kappa shape index (κ3) is 7.15. The number of aryl methyl sites for hydroxylation is 6. The lowest BCUT2D eigenvalue weighted by Gasteiger charge is -2.21. The zero-order chi connectivity index (χ0) is 39.8. The largest absolute Gasteiger partial charge is 0.494 e. The molecule has 0 aliphatic rings. The first-order valence-corrected chi connectivity index (χ1v) is 19.4. The van der Waals surface area contributed by atoms with Gasteiger partial charge in [-0.2, -0.15) is 5.10 Å². The molecule has 0 saturated heterocycles. The summed E-state index contributed by atoms with van der Waals surface area (Å²) in [5.41, 5.74) is 11.8. The number of hydrogen-bond donors (Lipinski definition) is 2. The molecule has 288 valence electrons. The van der Waals surface area contributed by atoms with E-state index in [0.717, 1.165) is 89.5 Å². The Morgan fingerprint density at radius 1 is 0.946 bits per heavy atom. The molecule has 2 N–H and O–H groups in total. The number of ether oxygens (including phenoxy) is 1. The molecule has 0 bridgehead atoms. The molecule has 1 atom stereocenters. The van der Waals surface area contributed by atoms with Crippen LogP contribution in [0.2, 0.25) is 10.0 Å². The highest BCUT2D eigenvalue weighted by atomic mass is 35.5. The Morgan fingerprint density at radius 2 is 1.68 bits per heavy atom. The van der Waals surface area contributed by atoms with Gasteiger partial charge in [0.05, 0.1) is 28.5 Å². The summed E-state index contributed by atoms with van der Waals surface area (Å²) in [4.78, 5) is 29.5. The summed E-state index contributed by atoms with van der Waals surface area (Å²) in [6.45, 7) is 11.0. The molecule has 3 aromatic carbocycles. The number of aromatic nitrogens is 5. The van der Waals surface area contributed by atoms with Gasteiger partial charge in [0.2, 0.25) is 6.41 Å². The second-order valence-corrected chi connectivity index (χ2v) is 15.2. The lowest BCUT2D eigenvalue weighted by Crippen LogP contribution is -2.23. The first kappa shape index (κ1) is 38.7. The number of fused-ring (bicyclic) bond motifs is 2. The number of benzene rings is 3. The van der Waals surface area contributed by atoms with Gasteiger partial charge in [-0.3, -0.25) is 19.3 Å². The van der Waals surface area contributed by atoms with Gasteiger partial charge in [0.25, 0.3) is 5.91 Å². The highest BCUT2D eigenvalue weighted by Crippen LogP contribution is 2.47. The average Bonchev–Trinajstić information content (AvgIpc) is 3.77. The maximum Gasteiger partial charge on any atom is 0.255 e. The van der Waals surface area contributed by atoms with Crippen LogP contribution in [-0.4, -0.2) is 49.4 Å². The van der Waals surface area contributed by atoms with Gasteiger partial charge >= 0.3 is 0 Å². The van der Waals surface area contributed by atoms with Gasteiger partial charge in [-0.25, -0.2) is 0 Å². The number of carbonyl (C=O) groups is 2. The second-order valence-electron chi connectivity index (χ2n) is 14.5. The summed E-state index contributed by atoms with van der Waals surface area (Å²) in [6, 6.07) is 17.1. The minimum absolute atomic E-state index is 0.203. The van der Waals surface area contributed by atoms with Gasteiger partial charge in [0.1, 0.15) is 5.75 Å². The van der Waals surface area contributed by atoms with Crippen molar-refractivity contribution < 1.29 is 14.3 Å². The fourth-order valence-corrected chi connectivity index (χ4v) is 8.26. The molecule has 0 radical (unpaired) electrons. The van der Waals surface area contributed by atoms with Crippen molar-refractivity contribution in [2.24, 2.45) is 14.1 Å². The van der Waals surface area contributed by atoms with Gasteiger partial charge in [-0.1, -0.05) is 29.3 Å². The molecule has 7 rings (SSSR count). The van der Waals surface area contributed by atoms with E-state index in [1.807, 2.05) is 75.9 Å². The molecule has 0 aliphatic heterocycles. The molecule has 12 heteroatoms. The van der Waals surface area contributed by atoms with Gasteiger partial charge in [-0.05, 0) is 113 Å². The Morgan fingerprint density at radius 3 is 2.36 bits per heavy atom. The van der Waals surface area contributed by atoms with Crippen molar-refractivity contribution in [1.82, 2.24) is 29.2 Å². The summed E-state index contributed by atoms with van der Waals surface area (Å²) < 4.78 is 12.6. The molecular formula is C44H45Cl2N7O3. The van der Waals surface area contributed by atoms with E-state index in [0.29, 0.717) is 42.3 Å². The molecule has 0 fully saturated rings. The van der Waals surface area contributed by atoms with E-state index in [2.05, 4.69) is 50.9 Å². The smallest absolute Gasteiger partial charge is 0.255 e. The van der Waals surface area contributed by atoms with Gasteiger partial charge < -0.3 is 24.5 Å².